The maximum Gasteiger partial charge on any atom is 0.242 e. The van der Waals surface area contributed by atoms with Gasteiger partial charge in [0.25, 0.3) is 0 Å². The Morgan fingerprint density at radius 3 is 2.61 bits per heavy atom. The summed E-state index contributed by atoms with van der Waals surface area (Å²) in [6.45, 7) is 7.92. The van der Waals surface area contributed by atoms with E-state index in [0.29, 0.717) is 11.9 Å². The highest BCUT2D eigenvalue weighted by Crippen LogP contribution is 2.36. The van der Waals surface area contributed by atoms with Gasteiger partial charge in [-0.25, -0.2) is 0 Å². The summed E-state index contributed by atoms with van der Waals surface area (Å²) >= 11 is 0. The quantitative estimate of drug-likeness (QED) is 0.837. The Balaban J connectivity index is 2.08. The third-order valence-electron chi connectivity index (χ3n) is 4.66. The molecule has 1 N–H and O–H groups in total. The first kappa shape index (κ1) is 13.9. The third kappa shape index (κ3) is 2.71. The number of carbonyl (C=O) groups is 1. The number of hydrogen-bond donors (Lipinski definition) is 1. The average Bonchev–Trinajstić information content (AvgIpc) is 2.37. The van der Waals surface area contributed by atoms with E-state index in [9.17, 15) is 4.79 Å². The zero-order valence-electron chi connectivity index (χ0n) is 12.2. The zero-order valence-corrected chi connectivity index (χ0v) is 12.2. The molecule has 1 aliphatic heterocycles. The molecule has 0 bridgehead atoms. The third-order valence-corrected chi connectivity index (χ3v) is 4.66. The minimum absolute atomic E-state index is 0.306. The van der Waals surface area contributed by atoms with Crippen molar-refractivity contribution in [2.75, 3.05) is 13.1 Å². The second-order valence-electron chi connectivity index (χ2n) is 6.41. The summed E-state index contributed by atoms with van der Waals surface area (Å²) in [7, 11) is 0. The van der Waals surface area contributed by atoms with Crippen LogP contribution in [0.25, 0.3) is 0 Å². The highest BCUT2D eigenvalue weighted by atomic mass is 16.2. The van der Waals surface area contributed by atoms with Crippen LogP contribution >= 0.6 is 0 Å². The highest BCUT2D eigenvalue weighted by Gasteiger charge is 2.40. The van der Waals surface area contributed by atoms with Gasteiger partial charge in [0, 0.05) is 12.6 Å². The Labute approximate surface area is 111 Å². The second-order valence-corrected chi connectivity index (χ2v) is 6.41. The molecule has 0 aromatic carbocycles. The van der Waals surface area contributed by atoms with Crippen LogP contribution in [-0.4, -0.2) is 35.5 Å². The van der Waals surface area contributed by atoms with E-state index in [0.717, 1.165) is 19.0 Å². The van der Waals surface area contributed by atoms with Crippen molar-refractivity contribution in [2.24, 2.45) is 5.92 Å². The lowest BCUT2D eigenvalue weighted by molar-refractivity contribution is -0.143. The lowest BCUT2D eigenvalue weighted by Crippen LogP contribution is -2.59. The molecule has 18 heavy (non-hydrogen) atoms. The minimum atomic E-state index is -0.409. The van der Waals surface area contributed by atoms with Crippen LogP contribution in [0, 0.1) is 5.92 Å². The maximum atomic E-state index is 12.7. The number of rotatable bonds is 3. The number of likely N-dealkylation sites (tertiary alicyclic amines) is 1. The topological polar surface area (TPSA) is 32.3 Å². The molecule has 2 fully saturated rings. The molecule has 1 aliphatic carbocycles. The summed E-state index contributed by atoms with van der Waals surface area (Å²) in [5, 5.41) is 3.32. The van der Waals surface area contributed by atoms with Gasteiger partial charge < -0.3 is 10.2 Å². The number of piperidine rings is 1. The van der Waals surface area contributed by atoms with Crippen molar-refractivity contribution < 1.29 is 4.79 Å². The lowest BCUT2D eigenvalue weighted by Gasteiger charge is -2.46. The second kappa shape index (κ2) is 5.60. The van der Waals surface area contributed by atoms with Crippen LogP contribution in [0.3, 0.4) is 0 Å². The first-order valence-electron chi connectivity index (χ1n) is 7.62. The van der Waals surface area contributed by atoms with Gasteiger partial charge in [0.2, 0.25) is 5.91 Å². The van der Waals surface area contributed by atoms with Gasteiger partial charge in [-0.3, -0.25) is 4.79 Å². The molecule has 3 nitrogen and oxygen atoms in total. The van der Waals surface area contributed by atoms with Gasteiger partial charge in [-0.05, 0) is 52.0 Å². The van der Waals surface area contributed by atoms with E-state index in [4.69, 9.17) is 0 Å². The Morgan fingerprint density at radius 1 is 1.22 bits per heavy atom. The molecule has 2 atom stereocenters. The van der Waals surface area contributed by atoms with Crippen LogP contribution in [0.1, 0.15) is 59.3 Å². The summed E-state index contributed by atoms with van der Waals surface area (Å²) in [6, 6.07) is 0.526. The maximum absolute atomic E-state index is 12.7. The van der Waals surface area contributed by atoms with Crippen LogP contribution in [0.5, 0.6) is 0 Å². The largest absolute Gasteiger partial charge is 0.338 e. The van der Waals surface area contributed by atoms with Gasteiger partial charge in [0.05, 0.1) is 5.54 Å². The fraction of sp³-hybridized carbons (Fsp3) is 0.933. The smallest absolute Gasteiger partial charge is 0.242 e. The van der Waals surface area contributed by atoms with Crippen LogP contribution in [0.15, 0.2) is 0 Å². The van der Waals surface area contributed by atoms with Crippen molar-refractivity contribution in [1.82, 2.24) is 10.2 Å². The molecule has 0 aromatic rings. The number of nitrogens with one attached hydrogen (secondary N) is 1. The van der Waals surface area contributed by atoms with Crippen molar-refractivity contribution in [1.29, 1.82) is 0 Å². The van der Waals surface area contributed by atoms with Crippen LogP contribution in [-0.2, 0) is 4.79 Å². The normalized spacial score (nSPS) is 28.9. The van der Waals surface area contributed by atoms with E-state index in [-0.39, 0.29) is 0 Å². The SMILES string of the molecule is CCNC(C)(C)C(=O)N1CCCC2CCCCC21. The van der Waals surface area contributed by atoms with Gasteiger partial charge in [0.1, 0.15) is 0 Å². The number of fused-ring (bicyclic) bond motifs is 1. The van der Waals surface area contributed by atoms with Crippen LogP contribution in [0.2, 0.25) is 0 Å². The molecular weight excluding hydrogens is 224 g/mol. The van der Waals surface area contributed by atoms with Crippen molar-refractivity contribution in [3.63, 3.8) is 0 Å². The standard InChI is InChI=1S/C15H28N2O/c1-4-16-15(2,3)14(18)17-11-7-9-12-8-5-6-10-13(12)17/h12-13,16H,4-11H2,1-3H3. The average molecular weight is 252 g/mol. The van der Waals surface area contributed by atoms with Crippen LogP contribution < -0.4 is 5.32 Å². The summed E-state index contributed by atoms with van der Waals surface area (Å²) in [4.78, 5) is 14.9. The molecule has 104 valence electrons. The number of carbonyl (C=O) groups excluding carboxylic acids is 1. The predicted octanol–water partition coefficient (Wildman–Crippen LogP) is 2.56. The number of amides is 1. The van der Waals surface area contributed by atoms with E-state index < -0.39 is 5.54 Å². The Morgan fingerprint density at radius 2 is 1.89 bits per heavy atom. The van der Waals surface area contributed by atoms with Crippen molar-refractivity contribution in [2.45, 2.75) is 70.9 Å². The first-order valence-corrected chi connectivity index (χ1v) is 7.62. The summed E-state index contributed by atoms with van der Waals surface area (Å²) in [6.07, 6.45) is 7.73. The summed E-state index contributed by atoms with van der Waals surface area (Å²) in [5.41, 5.74) is -0.409. The van der Waals surface area contributed by atoms with Crippen molar-refractivity contribution in [3.05, 3.63) is 0 Å². The molecule has 3 heteroatoms. The Bertz CT molecular complexity index is 299. The van der Waals surface area contributed by atoms with E-state index >= 15 is 0 Å². The van der Waals surface area contributed by atoms with E-state index in [1.54, 1.807) is 0 Å². The van der Waals surface area contributed by atoms with E-state index in [2.05, 4.69) is 17.1 Å². The van der Waals surface area contributed by atoms with E-state index in [1.807, 2.05) is 13.8 Å². The zero-order chi connectivity index (χ0) is 13.2. The first-order chi connectivity index (χ1) is 8.56. The van der Waals surface area contributed by atoms with Crippen molar-refractivity contribution >= 4 is 5.91 Å². The fourth-order valence-corrected chi connectivity index (χ4v) is 3.75. The fourth-order valence-electron chi connectivity index (χ4n) is 3.75. The summed E-state index contributed by atoms with van der Waals surface area (Å²) < 4.78 is 0. The molecule has 2 aliphatic rings. The Hall–Kier alpha value is -0.570. The molecule has 0 spiro atoms. The molecule has 1 saturated heterocycles. The summed E-state index contributed by atoms with van der Waals surface area (Å²) in [5.74, 6) is 1.08. The molecule has 0 aromatic heterocycles. The molecule has 1 amide bonds. The minimum Gasteiger partial charge on any atom is -0.338 e. The monoisotopic (exact) mass is 252 g/mol. The molecule has 1 heterocycles. The number of likely N-dealkylation sites (N-methyl/N-ethyl adjacent to an activating group) is 1. The molecule has 1 saturated carbocycles. The molecule has 0 radical (unpaired) electrons. The Kier molecular flexibility index (Phi) is 4.31. The van der Waals surface area contributed by atoms with Gasteiger partial charge in [-0.1, -0.05) is 19.8 Å². The lowest BCUT2D eigenvalue weighted by atomic mass is 9.77. The molecule has 2 unspecified atom stereocenters. The van der Waals surface area contributed by atoms with E-state index in [1.165, 1.54) is 38.5 Å². The predicted molar refractivity (Wildman–Crippen MR) is 74.4 cm³/mol. The number of hydrogen-bond acceptors (Lipinski definition) is 2. The van der Waals surface area contributed by atoms with Crippen LogP contribution in [0.4, 0.5) is 0 Å². The van der Waals surface area contributed by atoms with Gasteiger partial charge in [0.15, 0.2) is 0 Å². The molecule has 2 rings (SSSR count). The molecular formula is C15H28N2O. The van der Waals surface area contributed by atoms with Crippen molar-refractivity contribution in [3.8, 4) is 0 Å². The highest BCUT2D eigenvalue weighted by molar-refractivity contribution is 5.86. The van der Waals surface area contributed by atoms with Gasteiger partial charge in [-0.2, -0.15) is 0 Å². The van der Waals surface area contributed by atoms with Gasteiger partial charge in [-0.15, -0.1) is 0 Å². The number of nitrogens with zero attached hydrogens (tertiary/aromatic N) is 1. The van der Waals surface area contributed by atoms with Gasteiger partial charge >= 0.3 is 0 Å².